The number of halogens is 3. The minimum atomic E-state index is -4.75. The van der Waals surface area contributed by atoms with E-state index in [0.717, 1.165) is 123 Å². The zero-order chi connectivity index (χ0) is 51.0. The highest BCUT2D eigenvalue weighted by atomic mass is 19.4. The third-order valence-electron chi connectivity index (χ3n) is 14.8. The molecule has 10 aromatic carbocycles. The molecule has 0 amide bonds. The molecule has 0 fully saturated rings. The van der Waals surface area contributed by atoms with Gasteiger partial charge in [-0.25, -0.2) is 0 Å². The molecule has 0 spiro atoms. The maximum Gasteiger partial charge on any atom is 0.416 e. The van der Waals surface area contributed by atoms with Crippen LogP contribution in [-0.2, 0) is 6.18 Å². The number of nitrogens with zero attached hydrogens (tertiary/aromatic N) is 4. The number of aromatic nitrogens is 2. The fourth-order valence-corrected chi connectivity index (χ4v) is 11.1. The van der Waals surface area contributed by atoms with Crippen molar-refractivity contribution in [1.82, 2.24) is 9.13 Å². The van der Waals surface area contributed by atoms with Gasteiger partial charge in [-0.2, -0.15) is 23.7 Å². The molecule has 0 N–H and O–H groups in total. The fourth-order valence-electron chi connectivity index (χ4n) is 11.1. The fraction of sp³-hybridized carbons (Fsp3) is 0.0746. The number of aryl methyl sites for hydroxylation is 4. The minimum absolute atomic E-state index is 0.135. The van der Waals surface area contributed by atoms with Crippen LogP contribution in [0.1, 0.15) is 38.9 Å². The molecule has 74 heavy (non-hydrogen) atoms. The third-order valence-corrected chi connectivity index (χ3v) is 14.8. The predicted molar refractivity (Wildman–Crippen MR) is 296 cm³/mol. The Kier molecular flexibility index (Phi) is 10.9. The van der Waals surface area contributed by atoms with Crippen molar-refractivity contribution in [1.29, 1.82) is 10.5 Å². The van der Waals surface area contributed by atoms with Crippen LogP contribution in [0.3, 0.4) is 0 Å². The summed E-state index contributed by atoms with van der Waals surface area (Å²) in [6.45, 7) is 8.36. The van der Waals surface area contributed by atoms with Gasteiger partial charge in [-0.1, -0.05) is 121 Å². The maximum absolute atomic E-state index is 15.0. The molecule has 0 aliphatic carbocycles. The van der Waals surface area contributed by atoms with E-state index >= 15 is 0 Å². The molecule has 4 nitrogen and oxygen atoms in total. The van der Waals surface area contributed by atoms with E-state index in [1.54, 1.807) is 6.07 Å². The summed E-state index contributed by atoms with van der Waals surface area (Å²) in [6.07, 6.45) is -4.75. The summed E-state index contributed by atoms with van der Waals surface area (Å²) in [6, 6.07) is 70.1. The molecule has 354 valence electrons. The smallest absolute Gasteiger partial charge is 0.309 e. The summed E-state index contributed by atoms with van der Waals surface area (Å²) in [4.78, 5) is 0. The number of hydrogen-bond donors (Lipinski definition) is 0. The molecule has 12 rings (SSSR count). The van der Waals surface area contributed by atoms with Crippen molar-refractivity contribution in [2.75, 3.05) is 0 Å². The molecular formula is C67H45F3N4. The van der Waals surface area contributed by atoms with E-state index in [4.69, 9.17) is 0 Å². The van der Waals surface area contributed by atoms with Gasteiger partial charge < -0.3 is 9.13 Å². The van der Waals surface area contributed by atoms with Crippen LogP contribution in [-0.4, -0.2) is 9.13 Å². The molecule has 0 bridgehead atoms. The first-order valence-corrected chi connectivity index (χ1v) is 24.5. The van der Waals surface area contributed by atoms with E-state index in [9.17, 15) is 23.7 Å². The van der Waals surface area contributed by atoms with Crippen LogP contribution in [0.15, 0.2) is 200 Å². The third kappa shape index (κ3) is 7.61. The van der Waals surface area contributed by atoms with Crippen molar-refractivity contribution in [3.05, 3.63) is 239 Å². The molecule has 0 saturated heterocycles. The molecule has 0 radical (unpaired) electrons. The molecule has 0 aliphatic heterocycles. The lowest BCUT2D eigenvalue weighted by Crippen LogP contribution is -2.07. The van der Waals surface area contributed by atoms with E-state index < -0.39 is 11.7 Å². The van der Waals surface area contributed by atoms with Gasteiger partial charge in [-0.05, 0) is 179 Å². The summed E-state index contributed by atoms with van der Waals surface area (Å²) in [5.41, 5.74) is 17.0. The molecule has 2 aromatic heterocycles. The van der Waals surface area contributed by atoms with E-state index in [0.29, 0.717) is 22.5 Å². The summed E-state index contributed by atoms with van der Waals surface area (Å²) in [7, 11) is 0. The van der Waals surface area contributed by atoms with E-state index in [-0.39, 0.29) is 11.1 Å². The Labute approximate surface area is 426 Å². The molecular weight excluding hydrogens is 918 g/mol. The number of benzene rings is 10. The Bertz CT molecular complexity index is 4180. The largest absolute Gasteiger partial charge is 0.416 e. The van der Waals surface area contributed by atoms with Gasteiger partial charge in [-0.3, -0.25) is 0 Å². The second-order valence-corrected chi connectivity index (χ2v) is 19.3. The van der Waals surface area contributed by atoms with Gasteiger partial charge in [0.2, 0.25) is 0 Å². The lowest BCUT2D eigenvalue weighted by Gasteiger charge is -2.20. The van der Waals surface area contributed by atoms with Gasteiger partial charge in [0.15, 0.2) is 0 Å². The van der Waals surface area contributed by atoms with Crippen molar-refractivity contribution in [2.24, 2.45) is 0 Å². The highest BCUT2D eigenvalue weighted by Crippen LogP contribution is 2.45. The minimum Gasteiger partial charge on any atom is -0.309 e. The van der Waals surface area contributed by atoms with Crippen molar-refractivity contribution < 1.29 is 13.2 Å². The Balaban J connectivity index is 1.19. The molecule has 0 unspecified atom stereocenters. The zero-order valence-corrected chi connectivity index (χ0v) is 41.0. The SMILES string of the molecule is Cc1ccccc1-c1ccc2c(c1)c1cc(-c3ccccc3C)ccc1n2-c1cc(-c2cc(C#N)cc(C(F)(F)F)c2)c(-n2c3ccc(-c4ccccc4C)cc3c3cc(-c4ccccc4C)ccc32)cc1C#N. The van der Waals surface area contributed by atoms with Gasteiger partial charge in [0, 0.05) is 27.1 Å². The van der Waals surface area contributed by atoms with E-state index in [1.807, 2.05) is 60.7 Å². The Morgan fingerprint density at radius 2 is 0.716 bits per heavy atom. The lowest BCUT2D eigenvalue weighted by molar-refractivity contribution is -0.137. The summed E-state index contributed by atoms with van der Waals surface area (Å²) >= 11 is 0. The predicted octanol–water partition coefficient (Wildman–Crippen LogP) is 18.2. The second-order valence-electron chi connectivity index (χ2n) is 19.3. The van der Waals surface area contributed by atoms with Crippen molar-refractivity contribution >= 4 is 43.6 Å². The summed E-state index contributed by atoms with van der Waals surface area (Å²) in [5.74, 6) is 0. The lowest BCUT2D eigenvalue weighted by atomic mass is 9.95. The maximum atomic E-state index is 15.0. The molecule has 2 heterocycles. The highest BCUT2D eigenvalue weighted by molar-refractivity contribution is 6.14. The number of alkyl halides is 3. The molecule has 0 saturated carbocycles. The van der Waals surface area contributed by atoms with Crippen molar-refractivity contribution in [3.8, 4) is 79.1 Å². The standard InChI is InChI=1S/C67H45F3N4/c1-40-13-5-9-17-52(40)45-21-25-61-57(32-45)58-33-46(53-18-10-6-14-41(53)2)22-26-62(58)73(61)65-37-56(49-29-44(38-71)30-51(31-49)67(68,69)70)66(36-50(65)39-72)74-63-27-23-47(54-19-11-7-15-42(54)3)34-59(63)60-35-48(24-28-64(60)74)55-20-12-8-16-43(55)4/h5-37H,1-4H3. The summed E-state index contributed by atoms with van der Waals surface area (Å²) in [5, 5.41) is 25.5. The monoisotopic (exact) mass is 962 g/mol. The highest BCUT2D eigenvalue weighted by Gasteiger charge is 2.32. The number of fused-ring (bicyclic) bond motifs is 6. The number of nitriles is 2. The van der Waals surface area contributed by atoms with Crippen LogP contribution >= 0.6 is 0 Å². The molecule has 0 atom stereocenters. The van der Waals surface area contributed by atoms with Crippen molar-refractivity contribution in [3.63, 3.8) is 0 Å². The van der Waals surface area contributed by atoms with Crippen molar-refractivity contribution in [2.45, 2.75) is 33.9 Å². The average molecular weight is 963 g/mol. The molecule has 0 aliphatic rings. The van der Waals surface area contributed by atoms with Gasteiger partial charge in [0.25, 0.3) is 0 Å². The second kappa shape index (κ2) is 17.7. The quantitative estimate of drug-likeness (QED) is 0.160. The first-order chi connectivity index (χ1) is 35.9. The van der Waals surface area contributed by atoms with Crippen LogP contribution in [0.2, 0.25) is 0 Å². The van der Waals surface area contributed by atoms with Gasteiger partial charge in [0.1, 0.15) is 6.07 Å². The first kappa shape index (κ1) is 45.7. The van der Waals surface area contributed by atoms with Crippen LogP contribution in [0, 0.1) is 50.4 Å². The van der Waals surface area contributed by atoms with E-state index in [1.165, 1.54) is 6.07 Å². The van der Waals surface area contributed by atoms with Gasteiger partial charge in [-0.15, -0.1) is 0 Å². The zero-order valence-electron chi connectivity index (χ0n) is 41.0. The Hall–Kier alpha value is -9.43. The molecule has 12 aromatic rings. The van der Waals surface area contributed by atoms with Gasteiger partial charge in [0.05, 0.1) is 56.2 Å². The van der Waals surface area contributed by atoms with Crippen LogP contribution < -0.4 is 0 Å². The number of rotatable bonds is 7. The Morgan fingerprint density at radius 3 is 1.05 bits per heavy atom. The molecule has 7 heteroatoms. The Morgan fingerprint density at radius 1 is 0.351 bits per heavy atom. The van der Waals surface area contributed by atoms with Crippen LogP contribution in [0.25, 0.3) is 111 Å². The van der Waals surface area contributed by atoms with E-state index in [2.05, 4.69) is 164 Å². The normalized spacial score (nSPS) is 11.7. The topological polar surface area (TPSA) is 57.4 Å². The van der Waals surface area contributed by atoms with Crippen LogP contribution in [0.5, 0.6) is 0 Å². The summed E-state index contributed by atoms with van der Waals surface area (Å²) < 4.78 is 49.0. The van der Waals surface area contributed by atoms with Gasteiger partial charge >= 0.3 is 6.18 Å². The number of hydrogen-bond acceptors (Lipinski definition) is 2. The average Bonchev–Trinajstić information content (AvgIpc) is 3.91. The van der Waals surface area contributed by atoms with Crippen LogP contribution in [0.4, 0.5) is 13.2 Å². The first-order valence-electron chi connectivity index (χ1n) is 24.5.